The Morgan fingerprint density at radius 3 is 2.12 bits per heavy atom. The van der Waals surface area contributed by atoms with E-state index in [4.69, 9.17) is 10.00 Å². The van der Waals surface area contributed by atoms with Gasteiger partial charge in [0.1, 0.15) is 11.9 Å². The van der Waals surface area contributed by atoms with E-state index in [-0.39, 0.29) is 11.5 Å². The first-order valence-electron chi connectivity index (χ1n) is 8.22. The summed E-state index contributed by atoms with van der Waals surface area (Å²) in [5.74, 6) is 0.849. The number of aryl methyl sites for hydroxylation is 2. The van der Waals surface area contributed by atoms with E-state index in [0.29, 0.717) is 5.56 Å². The summed E-state index contributed by atoms with van der Waals surface area (Å²) in [5, 5.41) is 9.11. The summed E-state index contributed by atoms with van der Waals surface area (Å²) < 4.78 is 6.36. The van der Waals surface area contributed by atoms with Crippen LogP contribution in [0.2, 0.25) is 0 Å². The van der Waals surface area contributed by atoms with Crippen molar-refractivity contribution in [3.63, 3.8) is 0 Å². The van der Waals surface area contributed by atoms with Gasteiger partial charge in [0.15, 0.2) is 0 Å². The lowest BCUT2D eigenvalue weighted by atomic mass is 9.94. The molecule has 2 heteroatoms. The molecule has 0 saturated carbocycles. The Bertz CT molecular complexity index is 738. The van der Waals surface area contributed by atoms with Crippen molar-refractivity contribution in [1.82, 2.24) is 0 Å². The van der Waals surface area contributed by atoms with Crippen LogP contribution in [0, 0.1) is 30.6 Å². The zero-order valence-electron chi connectivity index (χ0n) is 15.1. The van der Waals surface area contributed by atoms with Crippen LogP contribution < -0.4 is 4.74 Å². The maximum absolute atomic E-state index is 9.11. The number of rotatable bonds is 4. The van der Waals surface area contributed by atoms with Crippen LogP contribution in [0.3, 0.4) is 0 Å². The molecular formula is C22H25NO. The van der Waals surface area contributed by atoms with Gasteiger partial charge >= 0.3 is 0 Å². The summed E-state index contributed by atoms with van der Waals surface area (Å²) in [4.78, 5) is 0. The quantitative estimate of drug-likeness (QED) is 0.657. The molecule has 0 bridgehead atoms. The lowest BCUT2D eigenvalue weighted by molar-refractivity contribution is 0.250. The fourth-order valence-electron chi connectivity index (χ4n) is 2.56. The van der Waals surface area contributed by atoms with Crippen LogP contribution in [0.25, 0.3) is 0 Å². The van der Waals surface area contributed by atoms with E-state index in [1.54, 1.807) is 0 Å². The Labute approximate surface area is 145 Å². The van der Waals surface area contributed by atoms with Crippen LogP contribution in [0.1, 0.15) is 49.1 Å². The molecule has 2 rings (SSSR count). The molecule has 0 fully saturated rings. The molecule has 2 aromatic carbocycles. The average molecular weight is 319 g/mol. The van der Waals surface area contributed by atoms with E-state index in [2.05, 4.69) is 51.1 Å². The fourth-order valence-corrected chi connectivity index (χ4v) is 2.56. The number of nitriles is 1. The Hall–Kier alpha value is -2.53. The minimum absolute atomic E-state index is 0.0884. The summed E-state index contributed by atoms with van der Waals surface area (Å²) in [6, 6.07) is 16.1. The SMILES string of the molecule is Cc1cc(C#N)cc(C)c1OC(/C=C/C(C)(C)C)c1ccccc1. The summed E-state index contributed by atoms with van der Waals surface area (Å²) in [7, 11) is 0. The molecule has 1 atom stereocenters. The number of nitrogens with zero attached hydrogens (tertiary/aromatic N) is 1. The zero-order chi connectivity index (χ0) is 17.7. The predicted octanol–water partition coefficient (Wildman–Crippen LogP) is 5.90. The second-order valence-electron chi connectivity index (χ2n) is 7.23. The highest BCUT2D eigenvalue weighted by Gasteiger charge is 2.15. The minimum Gasteiger partial charge on any atom is -0.481 e. The second-order valence-corrected chi connectivity index (χ2v) is 7.23. The molecule has 0 N–H and O–H groups in total. The molecule has 124 valence electrons. The van der Waals surface area contributed by atoms with Gasteiger partial charge < -0.3 is 4.74 Å². The third-order valence-electron chi connectivity index (χ3n) is 3.73. The third kappa shape index (κ3) is 4.73. The Morgan fingerprint density at radius 1 is 1.04 bits per heavy atom. The van der Waals surface area contributed by atoms with Gasteiger partial charge in [0, 0.05) is 0 Å². The van der Waals surface area contributed by atoms with Crippen LogP contribution in [-0.2, 0) is 0 Å². The second kappa shape index (κ2) is 7.36. The van der Waals surface area contributed by atoms with Crippen molar-refractivity contribution in [2.75, 3.05) is 0 Å². The minimum atomic E-state index is -0.157. The molecule has 2 aromatic rings. The molecule has 0 saturated heterocycles. The van der Waals surface area contributed by atoms with E-state index in [1.807, 2.05) is 44.2 Å². The summed E-state index contributed by atoms with van der Waals surface area (Å²) >= 11 is 0. The van der Waals surface area contributed by atoms with Crippen molar-refractivity contribution in [3.8, 4) is 11.8 Å². The molecule has 1 unspecified atom stereocenters. The molecule has 0 aromatic heterocycles. The summed E-state index contributed by atoms with van der Waals surface area (Å²) in [6.07, 6.45) is 4.14. The van der Waals surface area contributed by atoms with Crippen molar-refractivity contribution in [3.05, 3.63) is 76.9 Å². The van der Waals surface area contributed by atoms with Crippen LogP contribution in [0.5, 0.6) is 5.75 Å². The van der Waals surface area contributed by atoms with Gasteiger partial charge in [0.25, 0.3) is 0 Å². The van der Waals surface area contributed by atoms with Crippen molar-refractivity contribution in [2.45, 2.75) is 40.7 Å². The van der Waals surface area contributed by atoms with E-state index in [0.717, 1.165) is 22.4 Å². The predicted molar refractivity (Wildman–Crippen MR) is 99.0 cm³/mol. The first kappa shape index (κ1) is 17.8. The van der Waals surface area contributed by atoms with Crippen LogP contribution in [0.15, 0.2) is 54.6 Å². The van der Waals surface area contributed by atoms with Gasteiger partial charge in [-0.3, -0.25) is 0 Å². The van der Waals surface area contributed by atoms with Gasteiger partial charge in [-0.1, -0.05) is 57.2 Å². The van der Waals surface area contributed by atoms with E-state index < -0.39 is 0 Å². The lowest BCUT2D eigenvalue weighted by Gasteiger charge is -2.21. The third-order valence-corrected chi connectivity index (χ3v) is 3.73. The number of allylic oxidation sites excluding steroid dienone is 1. The molecule has 0 aliphatic heterocycles. The van der Waals surface area contributed by atoms with Crippen molar-refractivity contribution in [1.29, 1.82) is 5.26 Å². The first-order chi connectivity index (χ1) is 11.3. The molecular weight excluding hydrogens is 294 g/mol. The maximum atomic E-state index is 9.11. The fraction of sp³-hybridized carbons (Fsp3) is 0.318. The Morgan fingerprint density at radius 2 is 1.62 bits per heavy atom. The van der Waals surface area contributed by atoms with Gasteiger partial charge in [0.05, 0.1) is 11.6 Å². The highest BCUT2D eigenvalue weighted by Crippen LogP contribution is 2.31. The molecule has 0 radical (unpaired) electrons. The van der Waals surface area contributed by atoms with Crippen LogP contribution in [-0.4, -0.2) is 0 Å². The largest absolute Gasteiger partial charge is 0.481 e. The molecule has 0 spiro atoms. The highest BCUT2D eigenvalue weighted by molar-refractivity contribution is 5.47. The first-order valence-corrected chi connectivity index (χ1v) is 8.22. The van der Waals surface area contributed by atoms with Crippen molar-refractivity contribution in [2.24, 2.45) is 5.41 Å². The molecule has 0 aliphatic carbocycles. The van der Waals surface area contributed by atoms with Gasteiger partial charge in [-0.2, -0.15) is 5.26 Å². The standard InChI is InChI=1S/C22H25NO/c1-16-13-18(15-23)14-17(2)21(16)24-20(11-12-22(3,4)5)19-9-7-6-8-10-19/h6-14,20H,1-5H3/b12-11+. The lowest BCUT2D eigenvalue weighted by Crippen LogP contribution is -2.09. The molecule has 0 aliphatic rings. The van der Waals surface area contributed by atoms with Gasteiger partial charge in [-0.15, -0.1) is 0 Å². The van der Waals surface area contributed by atoms with E-state index in [9.17, 15) is 0 Å². The zero-order valence-corrected chi connectivity index (χ0v) is 15.1. The Balaban J connectivity index is 2.40. The summed E-state index contributed by atoms with van der Waals surface area (Å²) in [6.45, 7) is 10.5. The van der Waals surface area contributed by atoms with Gasteiger partial charge in [-0.25, -0.2) is 0 Å². The van der Waals surface area contributed by atoms with E-state index in [1.165, 1.54) is 0 Å². The summed E-state index contributed by atoms with van der Waals surface area (Å²) in [5.41, 5.74) is 3.83. The van der Waals surface area contributed by atoms with Crippen LogP contribution in [0.4, 0.5) is 0 Å². The van der Waals surface area contributed by atoms with Crippen molar-refractivity contribution < 1.29 is 4.74 Å². The molecule has 0 amide bonds. The monoisotopic (exact) mass is 319 g/mol. The Kier molecular flexibility index (Phi) is 5.46. The van der Waals surface area contributed by atoms with E-state index >= 15 is 0 Å². The number of ether oxygens (including phenoxy) is 1. The number of benzene rings is 2. The van der Waals surface area contributed by atoms with Crippen molar-refractivity contribution >= 4 is 0 Å². The van der Waals surface area contributed by atoms with Gasteiger partial charge in [-0.05, 0) is 54.2 Å². The van der Waals surface area contributed by atoms with Gasteiger partial charge in [0.2, 0.25) is 0 Å². The number of hydrogen-bond donors (Lipinski definition) is 0. The highest BCUT2D eigenvalue weighted by atomic mass is 16.5. The van der Waals surface area contributed by atoms with Crippen LogP contribution >= 0.6 is 0 Å². The average Bonchev–Trinajstić information content (AvgIpc) is 2.53. The smallest absolute Gasteiger partial charge is 0.142 e. The normalized spacial score (nSPS) is 12.8. The molecule has 0 heterocycles. The molecule has 24 heavy (non-hydrogen) atoms. The maximum Gasteiger partial charge on any atom is 0.142 e. The molecule has 2 nitrogen and oxygen atoms in total. The topological polar surface area (TPSA) is 33.0 Å². The number of hydrogen-bond acceptors (Lipinski definition) is 2.